The zero-order valence-electron chi connectivity index (χ0n) is 13.1. The normalized spacial score (nSPS) is 14.2. The minimum absolute atomic E-state index is 0.711. The molecule has 3 rings (SSSR count). The van der Waals surface area contributed by atoms with Crippen LogP contribution in [0.25, 0.3) is 11.1 Å². The third-order valence-electron chi connectivity index (χ3n) is 4.15. The fourth-order valence-electron chi connectivity index (χ4n) is 2.67. The Hall–Kier alpha value is -1.80. The Kier molecular flexibility index (Phi) is 3.98. The molecule has 2 aromatic rings. The molecule has 1 fully saturated rings. The third kappa shape index (κ3) is 3.27. The summed E-state index contributed by atoms with van der Waals surface area (Å²) in [5, 5.41) is 3.61. The van der Waals surface area contributed by atoms with Gasteiger partial charge in [-0.1, -0.05) is 29.8 Å². The molecule has 0 unspecified atom stereocenters. The van der Waals surface area contributed by atoms with Crippen LogP contribution in [0.4, 0.5) is 0 Å². The molecule has 1 aliphatic carbocycles. The second kappa shape index (κ2) is 5.90. The quantitative estimate of drug-likeness (QED) is 0.885. The highest BCUT2D eigenvalue weighted by Gasteiger charge is 2.21. The van der Waals surface area contributed by atoms with Gasteiger partial charge >= 0.3 is 0 Å². The summed E-state index contributed by atoms with van der Waals surface area (Å²) < 4.78 is 5.39. The first kappa shape index (κ1) is 14.2. The number of rotatable bonds is 5. The number of benzene rings is 2. The van der Waals surface area contributed by atoms with Crippen molar-refractivity contribution in [2.75, 3.05) is 7.11 Å². The van der Waals surface area contributed by atoms with Crippen molar-refractivity contribution in [1.29, 1.82) is 0 Å². The highest BCUT2D eigenvalue weighted by Crippen LogP contribution is 2.31. The van der Waals surface area contributed by atoms with Crippen molar-refractivity contribution < 1.29 is 4.74 Å². The Morgan fingerprint density at radius 3 is 2.57 bits per heavy atom. The first-order chi connectivity index (χ1) is 10.2. The third-order valence-corrected chi connectivity index (χ3v) is 4.15. The van der Waals surface area contributed by atoms with Gasteiger partial charge in [-0.05, 0) is 61.1 Å². The molecule has 0 radical (unpaired) electrons. The summed E-state index contributed by atoms with van der Waals surface area (Å²) in [4.78, 5) is 0. The van der Waals surface area contributed by atoms with E-state index in [0.717, 1.165) is 12.3 Å². The van der Waals surface area contributed by atoms with Crippen LogP contribution in [0.3, 0.4) is 0 Å². The average Bonchev–Trinajstić information content (AvgIpc) is 3.32. The van der Waals surface area contributed by atoms with Crippen molar-refractivity contribution in [2.45, 2.75) is 39.3 Å². The summed E-state index contributed by atoms with van der Waals surface area (Å²) in [5.41, 5.74) is 6.57. The molecular formula is C19H23NO. The molecule has 110 valence electrons. The molecule has 0 aliphatic heterocycles. The van der Waals surface area contributed by atoms with Gasteiger partial charge in [-0.15, -0.1) is 0 Å². The van der Waals surface area contributed by atoms with E-state index in [1.807, 2.05) is 0 Å². The van der Waals surface area contributed by atoms with Crippen molar-refractivity contribution in [2.24, 2.45) is 0 Å². The van der Waals surface area contributed by atoms with E-state index in [-0.39, 0.29) is 0 Å². The minimum Gasteiger partial charge on any atom is -0.497 e. The van der Waals surface area contributed by atoms with Gasteiger partial charge in [0.15, 0.2) is 0 Å². The van der Waals surface area contributed by atoms with Gasteiger partial charge in [-0.3, -0.25) is 0 Å². The van der Waals surface area contributed by atoms with Crippen LogP contribution in [-0.2, 0) is 6.54 Å². The van der Waals surface area contributed by atoms with Gasteiger partial charge in [0.1, 0.15) is 5.75 Å². The number of hydrogen-bond acceptors (Lipinski definition) is 2. The lowest BCUT2D eigenvalue weighted by Gasteiger charge is -2.15. The van der Waals surface area contributed by atoms with Crippen LogP contribution in [0.15, 0.2) is 36.4 Å². The molecule has 2 nitrogen and oxygen atoms in total. The van der Waals surface area contributed by atoms with Crippen LogP contribution in [0, 0.1) is 13.8 Å². The Bertz CT molecular complexity index is 644. The Balaban J connectivity index is 2.00. The Morgan fingerprint density at radius 1 is 1.05 bits per heavy atom. The van der Waals surface area contributed by atoms with Crippen molar-refractivity contribution >= 4 is 0 Å². The van der Waals surface area contributed by atoms with E-state index in [4.69, 9.17) is 4.74 Å². The highest BCUT2D eigenvalue weighted by molar-refractivity contribution is 5.72. The topological polar surface area (TPSA) is 21.3 Å². The summed E-state index contributed by atoms with van der Waals surface area (Å²) in [6.07, 6.45) is 2.62. The van der Waals surface area contributed by atoms with Gasteiger partial charge in [-0.25, -0.2) is 0 Å². The monoisotopic (exact) mass is 281 g/mol. The standard InChI is InChI=1S/C19H23NO/c1-13-4-5-14(2)19(10-13)18-9-8-17(21-3)11-15(18)12-20-16-6-7-16/h4-5,8-11,16,20H,6-7,12H2,1-3H3. The fraction of sp³-hybridized carbons (Fsp3) is 0.368. The zero-order chi connectivity index (χ0) is 14.8. The summed E-state index contributed by atoms with van der Waals surface area (Å²) >= 11 is 0. The molecule has 0 aromatic heterocycles. The molecular weight excluding hydrogens is 258 g/mol. The van der Waals surface area contributed by atoms with Crippen molar-refractivity contribution in [3.8, 4) is 16.9 Å². The number of methoxy groups -OCH3 is 1. The zero-order valence-corrected chi connectivity index (χ0v) is 13.1. The second-order valence-electron chi connectivity index (χ2n) is 6.00. The molecule has 0 heterocycles. The molecule has 0 saturated heterocycles. The molecule has 21 heavy (non-hydrogen) atoms. The molecule has 1 aliphatic rings. The largest absolute Gasteiger partial charge is 0.497 e. The van der Waals surface area contributed by atoms with Crippen LogP contribution in [0.5, 0.6) is 5.75 Å². The maximum atomic E-state index is 5.39. The molecule has 0 amide bonds. The summed E-state index contributed by atoms with van der Waals surface area (Å²) in [6, 6.07) is 13.8. The Labute approximate surface area is 127 Å². The van der Waals surface area contributed by atoms with E-state index < -0.39 is 0 Å². The van der Waals surface area contributed by atoms with E-state index in [2.05, 4.69) is 55.6 Å². The van der Waals surface area contributed by atoms with E-state index in [1.54, 1.807) is 7.11 Å². The first-order valence-corrected chi connectivity index (χ1v) is 7.65. The first-order valence-electron chi connectivity index (χ1n) is 7.65. The van der Waals surface area contributed by atoms with Crippen molar-refractivity contribution in [3.05, 3.63) is 53.1 Å². The molecule has 2 heteroatoms. The molecule has 1 N–H and O–H groups in total. The van der Waals surface area contributed by atoms with Crippen LogP contribution in [-0.4, -0.2) is 13.2 Å². The van der Waals surface area contributed by atoms with Gasteiger partial charge in [0.2, 0.25) is 0 Å². The predicted octanol–water partition coefficient (Wildman–Crippen LogP) is 4.23. The van der Waals surface area contributed by atoms with Crippen molar-refractivity contribution in [3.63, 3.8) is 0 Å². The lowest BCUT2D eigenvalue weighted by molar-refractivity contribution is 0.414. The van der Waals surface area contributed by atoms with E-state index in [0.29, 0.717) is 6.04 Å². The summed E-state index contributed by atoms with van der Waals surface area (Å²) in [5.74, 6) is 0.927. The number of ether oxygens (including phenoxy) is 1. The number of hydrogen-bond donors (Lipinski definition) is 1. The number of nitrogens with one attached hydrogen (secondary N) is 1. The van der Waals surface area contributed by atoms with Crippen LogP contribution in [0.2, 0.25) is 0 Å². The lowest BCUT2D eigenvalue weighted by atomic mass is 9.94. The van der Waals surface area contributed by atoms with Gasteiger partial charge in [0.05, 0.1) is 7.11 Å². The van der Waals surface area contributed by atoms with Gasteiger partial charge < -0.3 is 10.1 Å². The fourth-order valence-corrected chi connectivity index (χ4v) is 2.67. The molecule has 0 atom stereocenters. The Morgan fingerprint density at radius 2 is 1.86 bits per heavy atom. The average molecular weight is 281 g/mol. The van der Waals surface area contributed by atoms with Crippen LogP contribution < -0.4 is 10.1 Å². The molecule has 2 aromatic carbocycles. The second-order valence-corrected chi connectivity index (χ2v) is 6.00. The predicted molar refractivity (Wildman–Crippen MR) is 87.8 cm³/mol. The van der Waals surface area contributed by atoms with Gasteiger partial charge in [0.25, 0.3) is 0 Å². The van der Waals surface area contributed by atoms with E-state index in [9.17, 15) is 0 Å². The van der Waals surface area contributed by atoms with Gasteiger partial charge in [0, 0.05) is 12.6 Å². The van der Waals surface area contributed by atoms with Crippen LogP contribution >= 0.6 is 0 Å². The number of aryl methyl sites for hydroxylation is 2. The minimum atomic E-state index is 0.711. The van der Waals surface area contributed by atoms with E-state index in [1.165, 1.54) is 40.7 Å². The highest BCUT2D eigenvalue weighted by atomic mass is 16.5. The lowest BCUT2D eigenvalue weighted by Crippen LogP contribution is -2.16. The SMILES string of the molecule is COc1ccc(-c2cc(C)ccc2C)c(CNC2CC2)c1. The van der Waals surface area contributed by atoms with E-state index >= 15 is 0 Å². The summed E-state index contributed by atoms with van der Waals surface area (Å²) in [6.45, 7) is 5.23. The molecule has 0 bridgehead atoms. The molecule has 1 saturated carbocycles. The van der Waals surface area contributed by atoms with Gasteiger partial charge in [-0.2, -0.15) is 0 Å². The van der Waals surface area contributed by atoms with Crippen LogP contribution in [0.1, 0.15) is 29.5 Å². The van der Waals surface area contributed by atoms with Crippen molar-refractivity contribution in [1.82, 2.24) is 5.32 Å². The summed E-state index contributed by atoms with van der Waals surface area (Å²) in [7, 11) is 1.73. The maximum Gasteiger partial charge on any atom is 0.119 e. The molecule has 0 spiro atoms. The smallest absolute Gasteiger partial charge is 0.119 e. The maximum absolute atomic E-state index is 5.39.